The number of aryl methyl sites for hydroxylation is 1. The Hall–Kier alpha value is -1.11. The van der Waals surface area contributed by atoms with Crippen LogP contribution in [0.5, 0.6) is 0 Å². The molecule has 1 rings (SSSR count). The molecule has 21 heavy (non-hydrogen) atoms. The van der Waals surface area contributed by atoms with Crippen LogP contribution in [0.25, 0.3) is 0 Å². The Bertz CT molecular complexity index is 509. The largest absolute Gasteiger partial charge is 0.346 e. The lowest BCUT2D eigenvalue weighted by Gasteiger charge is -2.15. The normalized spacial score (nSPS) is 11.5. The van der Waals surface area contributed by atoms with Gasteiger partial charge in [-0.1, -0.05) is 35.8 Å². The van der Waals surface area contributed by atoms with E-state index in [0.29, 0.717) is 5.69 Å². The number of nitrogens with two attached hydrogens (primary N) is 1. The van der Waals surface area contributed by atoms with E-state index in [1.165, 1.54) is 0 Å². The lowest BCUT2D eigenvalue weighted by molar-refractivity contribution is -0.125. The van der Waals surface area contributed by atoms with E-state index < -0.39 is 6.04 Å². The molecule has 0 heterocycles. The molecule has 0 spiro atoms. The minimum atomic E-state index is -0.601. The highest BCUT2D eigenvalue weighted by molar-refractivity contribution is 9.10. The summed E-state index contributed by atoms with van der Waals surface area (Å²) < 4.78 is 0.918. The summed E-state index contributed by atoms with van der Waals surface area (Å²) in [4.78, 5) is 23.3. The molecule has 0 aliphatic carbocycles. The first kappa shape index (κ1) is 19.9. The molecule has 0 radical (unpaired) electrons. The van der Waals surface area contributed by atoms with Gasteiger partial charge in [-0.05, 0) is 30.5 Å². The molecule has 0 fully saturated rings. The molecule has 1 atom stereocenters. The summed E-state index contributed by atoms with van der Waals surface area (Å²) in [5.41, 5.74) is 7.44. The van der Waals surface area contributed by atoms with Crippen LogP contribution >= 0.6 is 28.3 Å². The summed E-state index contributed by atoms with van der Waals surface area (Å²) in [5, 5.41) is 5.23. The van der Waals surface area contributed by atoms with Crippen molar-refractivity contribution in [3.8, 4) is 0 Å². The van der Waals surface area contributed by atoms with Crippen molar-refractivity contribution in [2.45, 2.75) is 26.8 Å². The van der Waals surface area contributed by atoms with E-state index in [9.17, 15) is 9.59 Å². The maximum atomic E-state index is 11.7. The highest BCUT2D eigenvalue weighted by atomic mass is 79.9. The molecule has 118 valence electrons. The Balaban J connectivity index is 0.00000400. The lowest BCUT2D eigenvalue weighted by atomic mass is 10.1. The maximum absolute atomic E-state index is 11.7. The van der Waals surface area contributed by atoms with E-state index >= 15 is 0 Å². The number of halogens is 2. The molecular formula is C14H21BrClN3O2. The average molecular weight is 379 g/mol. The molecule has 0 bridgehead atoms. The second-order valence-electron chi connectivity index (χ2n) is 5.00. The van der Waals surface area contributed by atoms with Gasteiger partial charge in [0.05, 0.1) is 12.6 Å². The number of hydrogen-bond acceptors (Lipinski definition) is 3. The molecule has 7 heteroatoms. The van der Waals surface area contributed by atoms with Crippen molar-refractivity contribution in [2.24, 2.45) is 11.7 Å². The number of anilines is 1. The van der Waals surface area contributed by atoms with Crippen molar-refractivity contribution in [1.29, 1.82) is 0 Å². The van der Waals surface area contributed by atoms with Crippen LogP contribution in [0.3, 0.4) is 0 Å². The average Bonchev–Trinajstić information content (AvgIpc) is 2.39. The van der Waals surface area contributed by atoms with Gasteiger partial charge in [0.2, 0.25) is 11.8 Å². The molecule has 0 aliphatic heterocycles. The van der Waals surface area contributed by atoms with Crippen molar-refractivity contribution in [1.82, 2.24) is 5.32 Å². The zero-order valence-corrected chi connectivity index (χ0v) is 14.7. The second-order valence-corrected chi connectivity index (χ2v) is 5.85. The van der Waals surface area contributed by atoms with Crippen molar-refractivity contribution < 1.29 is 9.59 Å². The molecule has 0 aliphatic rings. The van der Waals surface area contributed by atoms with Gasteiger partial charge in [0.25, 0.3) is 0 Å². The van der Waals surface area contributed by atoms with Gasteiger partial charge in [0, 0.05) is 10.2 Å². The van der Waals surface area contributed by atoms with Crippen molar-refractivity contribution >= 4 is 45.8 Å². The SMILES string of the molecule is Cc1ccc(NC(=O)CNC(=O)[C@@H](N)C(C)C)cc1Br.Cl. The number of hydrogen-bond donors (Lipinski definition) is 3. The molecule has 5 nitrogen and oxygen atoms in total. The highest BCUT2D eigenvalue weighted by Crippen LogP contribution is 2.20. The number of nitrogens with one attached hydrogen (secondary N) is 2. The van der Waals surface area contributed by atoms with Gasteiger partial charge in [0.15, 0.2) is 0 Å². The fourth-order valence-corrected chi connectivity index (χ4v) is 1.84. The maximum Gasteiger partial charge on any atom is 0.243 e. The molecule has 4 N–H and O–H groups in total. The predicted octanol–water partition coefficient (Wildman–Crippen LogP) is 2.22. The zero-order valence-electron chi connectivity index (χ0n) is 12.3. The van der Waals surface area contributed by atoms with E-state index in [-0.39, 0.29) is 36.7 Å². The first-order valence-electron chi connectivity index (χ1n) is 6.40. The molecule has 0 saturated heterocycles. The fraction of sp³-hybridized carbons (Fsp3) is 0.429. The summed E-state index contributed by atoms with van der Waals surface area (Å²) in [6.07, 6.45) is 0. The number of carbonyl (C=O) groups excluding carboxylic acids is 2. The van der Waals surface area contributed by atoms with Gasteiger partial charge in [-0.3, -0.25) is 9.59 Å². The minimum Gasteiger partial charge on any atom is -0.346 e. The summed E-state index contributed by atoms with van der Waals surface area (Å²) in [6, 6.07) is 4.91. The van der Waals surface area contributed by atoms with Crippen LogP contribution in [0.4, 0.5) is 5.69 Å². The van der Waals surface area contributed by atoms with Crippen molar-refractivity contribution in [2.75, 3.05) is 11.9 Å². The molecular weight excluding hydrogens is 358 g/mol. The molecule has 0 aromatic heterocycles. The van der Waals surface area contributed by atoms with Gasteiger partial charge in [-0.25, -0.2) is 0 Å². The number of carbonyl (C=O) groups is 2. The molecule has 0 unspecified atom stereocenters. The van der Waals surface area contributed by atoms with Crippen LogP contribution in [0.2, 0.25) is 0 Å². The fourth-order valence-electron chi connectivity index (χ4n) is 1.46. The van der Waals surface area contributed by atoms with Gasteiger partial charge in [-0.2, -0.15) is 0 Å². The molecule has 0 saturated carbocycles. The van der Waals surface area contributed by atoms with E-state index in [2.05, 4.69) is 26.6 Å². The predicted molar refractivity (Wildman–Crippen MR) is 90.6 cm³/mol. The standard InChI is InChI=1S/C14H20BrN3O2.ClH/c1-8(2)13(16)14(20)17-7-12(19)18-10-5-4-9(3)11(15)6-10;/h4-6,8,13H,7,16H2,1-3H3,(H,17,20)(H,18,19);1H/t13-;/m0./s1. The topological polar surface area (TPSA) is 84.2 Å². The number of benzene rings is 1. The third kappa shape index (κ3) is 6.46. The van der Waals surface area contributed by atoms with Gasteiger partial charge in [-0.15, -0.1) is 12.4 Å². The summed E-state index contributed by atoms with van der Waals surface area (Å²) in [6.45, 7) is 5.58. The van der Waals surface area contributed by atoms with Crippen LogP contribution in [0, 0.1) is 12.8 Å². The lowest BCUT2D eigenvalue weighted by Crippen LogP contribution is -2.46. The second kappa shape index (κ2) is 9.02. The smallest absolute Gasteiger partial charge is 0.243 e. The minimum absolute atomic E-state index is 0. The van der Waals surface area contributed by atoms with Gasteiger partial charge >= 0.3 is 0 Å². The summed E-state index contributed by atoms with van der Waals surface area (Å²) in [7, 11) is 0. The van der Waals surface area contributed by atoms with Crippen molar-refractivity contribution in [3.63, 3.8) is 0 Å². The summed E-state index contributed by atoms with van der Waals surface area (Å²) in [5.74, 6) is -0.573. The highest BCUT2D eigenvalue weighted by Gasteiger charge is 2.17. The molecule has 1 aromatic carbocycles. The monoisotopic (exact) mass is 377 g/mol. The van der Waals surface area contributed by atoms with Crippen LogP contribution in [-0.2, 0) is 9.59 Å². The molecule has 2 amide bonds. The Kier molecular flexibility index (Phi) is 8.54. The van der Waals surface area contributed by atoms with Crippen LogP contribution in [0.15, 0.2) is 22.7 Å². The summed E-state index contributed by atoms with van der Waals surface area (Å²) >= 11 is 3.40. The molecule has 1 aromatic rings. The Labute approximate surface area is 139 Å². The Morgan fingerprint density at radius 1 is 1.33 bits per heavy atom. The van der Waals surface area contributed by atoms with Crippen molar-refractivity contribution in [3.05, 3.63) is 28.2 Å². The van der Waals surface area contributed by atoms with E-state index in [1.807, 2.05) is 32.9 Å². The third-order valence-electron chi connectivity index (χ3n) is 2.90. The van der Waals surface area contributed by atoms with E-state index in [0.717, 1.165) is 10.0 Å². The quantitative estimate of drug-likeness (QED) is 0.734. The van der Waals surface area contributed by atoms with Gasteiger partial charge in [0.1, 0.15) is 0 Å². The Morgan fingerprint density at radius 3 is 2.48 bits per heavy atom. The Morgan fingerprint density at radius 2 is 1.95 bits per heavy atom. The van der Waals surface area contributed by atoms with Crippen LogP contribution in [-0.4, -0.2) is 24.4 Å². The first-order chi connectivity index (χ1) is 9.31. The number of rotatable bonds is 5. The zero-order chi connectivity index (χ0) is 15.3. The van der Waals surface area contributed by atoms with Crippen LogP contribution in [0.1, 0.15) is 19.4 Å². The van der Waals surface area contributed by atoms with Gasteiger partial charge < -0.3 is 16.4 Å². The van der Waals surface area contributed by atoms with E-state index in [4.69, 9.17) is 5.73 Å². The van der Waals surface area contributed by atoms with Crippen LogP contribution < -0.4 is 16.4 Å². The number of amides is 2. The first-order valence-corrected chi connectivity index (χ1v) is 7.20. The third-order valence-corrected chi connectivity index (χ3v) is 3.75. The van der Waals surface area contributed by atoms with E-state index in [1.54, 1.807) is 6.07 Å².